The molecule has 36 heavy (non-hydrogen) atoms. The van der Waals surface area contributed by atoms with Crippen molar-refractivity contribution in [2.45, 2.75) is 33.7 Å². The van der Waals surface area contributed by atoms with Gasteiger partial charge in [0, 0.05) is 44.8 Å². The number of allylic oxidation sites excluding steroid dienone is 1. The van der Waals surface area contributed by atoms with Gasteiger partial charge in [-0.05, 0) is 72.7 Å². The van der Waals surface area contributed by atoms with Crippen molar-refractivity contribution >= 4 is 49.1 Å². The van der Waals surface area contributed by atoms with Crippen LogP contribution in [0.1, 0.15) is 49.2 Å². The minimum Gasteiger partial charge on any atom is -0.465 e. The lowest BCUT2D eigenvalue weighted by molar-refractivity contribution is 0.0600. The normalized spacial score (nSPS) is 16.6. The van der Waals surface area contributed by atoms with E-state index < -0.39 is 0 Å². The summed E-state index contributed by atoms with van der Waals surface area (Å²) >= 11 is 7.65. The van der Waals surface area contributed by atoms with E-state index in [4.69, 9.17) is 9.47 Å². The molecule has 0 saturated heterocycles. The summed E-state index contributed by atoms with van der Waals surface area (Å²) in [6.45, 7) is 12.2. The van der Waals surface area contributed by atoms with Crippen molar-refractivity contribution in [1.29, 1.82) is 0 Å². The molecule has 2 aliphatic rings. The summed E-state index contributed by atoms with van der Waals surface area (Å²) in [4.78, 5) is 17.4. The number of anilines is 1. The van der Waals surface area contributed by atoms with E-state index in [2.05, 4.69) is 93.6 Å². The first-order valence-corrected chi connectivity index (χ1v) is 14.0. The highest BCUT2D eigenvalue weighted by Gasteiger charge is 2.33. The van der Waals surface area contributed by atoms with Crippen LogP contribution in [0.4, 0.5) is 5.69 Å². The SMILES string of the molecule is CCN(CC)c1cc2c(cc1Br)C(c1ccccc1C(=O)OC)=C1C=C(Br)C(N(CC)CC)C=C1O2. The van der Waals surface area contributed by atoms with Crippen LogP contribution in [0, 0.1) is 0 Å². The van der Waals surface area contributed by atoms with E-state index in [9.17, 15) is 4.79 Å². The molecule has 0 saturated carbocycles. The van der Waals surface area contributed by atoms with Crippen LogP contribution >= 0.6 is 31.9 Å². The molecule has 1 aliphatic heterocycles. The molecule has 1 unspecified atom stereocenters. The Morgan fingerprint density at radius 1 is 1.00 bits per heavy atom. The molecule has 2 aromatic rings. The molecule has 0 spiro atoms. The second kappa shape index (κ2) is 11.4. The van der Waals surface area contributed by atoms with Gasteiger partial charge in [-0.1, -0.05) is 48.0 Å². The molecule has 1 aliphatic carbocycles. The molecule has 4 rings (SSSR count). The third-order valence-electron chi connectivity index (χ3n) is 6.86. The molecule has 2 aromatic carbocycles. The smallest absolute Gasteiger partial charge is 0.338 e. The summed E-state index contributed by atoms with van der Waals surface area (Å²) in [5.41, 5.74) is 5.24. The third-order valence-corrected chi connectivity index (χ3v) is 8.19. The topological polar surface area (TPSA) is 42.0 Å². The van der Waals surface area contributed by atoms with Gasteiger partial charge in [-0.25, -0.2) is 4.79 Å². The zero-order valence-corrected chi connectivity index (χ0v) is 24.6. The van der Waals surface area contributed by atoms with Gasteiger partial charge in [0.2, 0.25) is 0 Å². The summed E-state index contributed by atoms with van der Waals surface area (Å²) in [7, 11) is 1.42. The number of esters is 1. The van der Waals surface area contributed by atoms with Crippen LogP contribution in [0.5, 0.6) is 5.75 Å². The number of methoxy groups -OCH3 is 1. The van der Waals surface area contributed by atoms with Crippen LogP contribution in [-0.4, -0.2) is 50.2 Å². The fourth-order valence-corrected chi connectivity index (χ4v) is 6.21. The summed E-state index contributed by atoms with van der Waals surface area (Å²) in [5.74, 6) is 1.20. The number of benzene rings is 2. The molecule has 7 heteroatoms. The first-order chi connectivity index (χ1) is 17.4. The number of halogens is 2. The van der Waals surface area contributed by atoms with Gasteiger partial charge in [0.1, 0.15) is 11.5 Å². The van der Waals surface area contributed by atoms with E-state index in [0.717, 1.165) is 74.6 Å². The van der Waals surface area contributed by atoms with E-state index in [1.807, 2.05) is 24.3 Å². The number of likely N-dealkylation sites (N-methyl/N-ethyl adjacent to an activating group) is 1. The minimum absolute atomic E-state index is 0.0788. The van der Waals surface area contributed by atoms with Crippen LogP contribution < -0.4 is 9.64 Å². The molecular weight excluding hydrogens is 584 g/mol. The van der Waals surface area contributed by atoms with Gasteiger partial charge in [-0.2, -0.15) is 0 Å². The largest absolute Gasteiger partial charge is 0.465 e. The highest BCUT2D eigenvalue weighted by molar-refractivity contribution is 9.11. The van der Waals surface area contributed by atoms with E-state index in [1.54, 1.807) is 0 Å². The highest BCUT2D eigenvalue weighted by atomic mass is 79.9. The zero-order valence-electron chi connectivity index (χ0n) is 21.4. The second-order valence-electron chi connectivity index (χ2n) is 8.63. The van der Waals surface area contributed by atoms with Gasteiger partial charge >= 0.3 is 5.97 Å². The van der Waals surface area contributed by atoms with Crippen molar-refractivity contribution in [2.24, 2.45) is 0 Å². The van der Waals surface area contributed by atoms with E-state index in [1.165, 1.54) is 7.11 Å². The lowest BCUT2D eigenvalue weighted by Gasteiger charge is -2.34. The Hall–Kier alpha value is -2.35. The van der Waals surface area contributed by atoms with Gasteiger partial charge < -0.3 is 14.4 Å². The maximum Gasteiger partial charge on any atom is 0.338 e. The number of fused-ring (bicyclic) bond motifs is 2. The molecule has 0 amide bonds. The number of carbonyl (C=O) groups excluding carboxylic acids is 1. The van der Waals surface area contributed by atoms with Crippen molar-refractivity contribution < 1.29 is 14.3 Å². The number of hydrogen-bond donors (Lipinski definition) is 0. The predicted molar refractivity (Wildman–Crippen MR) is 154 cm³/mol. The lowest BCUT2D eigenvalue weighted by atomic mass is 9.85. The molecular formula is C29H32Br2N2O3. The number of hydrogen-bond acceptors (Lipinski definition) is 5. The molecule has 0 bridgehead atoms. The molecule has 1 atom stereocenters. The Morgan fingerprint density at radius 3 is 2.33 bits per heavy atom. The highest BCUT2D eigenvalue weighted by Crippen LogP contribution is 2.48. The van der Waals surface area contributed by atoms with E-state index in [0.29, 0.717) is 5.56 Å². The summed E-state index contributed by atoms with van der Waals surface area (Å²) in [5, 5.41) is 0. The van der Waals surface area contributed by atoms with Gasteiger partial charge in [0.05, 0.1) is 24.4 Å². The Labute approximate surface area is 230 Å². The lowest BCUT2D eigenvalue weighted by Crippen LogP contribution is -2.36. The molecule has 1 heterocycles. The van der Waals surface area contributed by atoms with Crippen LogP contribution in [0.2, 0.25) is 0 Å². The zero-order chi connectivity index (χ0) is 26.0. The number of rotatable bonds is 8. The van der Waals surface area contributed by atoms with Crippen LogP contribution in [0.3, 0.4) is 0 Å². The summed E-state index contributed by atoms with van der Waals surface area (Å²) in [6, 6.07) is 11.9. The van der Waals surface area contributed by atoms with Gasteiger partial charge in [0.15, 0.2) is 0 Å². The van der Waals surface area contributed by atoms with Crippen molar-refractivity contribution in [2.75, 3.05) is 38.2 Å². The third kappa shape index (κ3) is 4.81. The first kappa shape index (κ1) is 26.7. The quantitative estimate of drug-likeness (QED) is 0.295. The monoisotopic (exact) mass is 614 g/mol. The Bertz CT molecular complexity index is 1260. The average molecular weight is 616 g/mol. The Morgan fingerprint density at radius 2 is 1.69 bits per heavy atom. The second-order valence-corrected chi connectivity index (χ2v) is 10.4. The van der Waals surface area contributed by atoms with Gasteiger partial charge in [0.25, 0.3) is 0 Å². The van der Waals surface area contributed by atoms with Crippen LogP contribution in [0.15, 0.2) is 68.8 Å². The van der Waals surface area contributed by atoms with E-state index in [-0.39, 0.29) is 12.0 Å². The van der Waals surface area contributed by atoms with Gasteiger partial charge in [-0.3, -0.25) is 4.90 Å². The first-order valence-electron chi connectivity index (χ1n) is 12.4. The molecule has 0 aromatic heterocycles. The number of ether oxygens (including phenoxy) is 2. The Kier molecular flexibility index (Phi) is 8.43. The number of nitrogens with zero attached hydrogens (tertiary/aromatic N) is 2. The van der Waals surface area contributed by atoms with Crippen molar-refractivity contribution in [3.63, 3.8) is 0 Å². The molecule has 0 fully saturated rings. The molecule has 0 N–H and O–H groups in total. The van der Waals surface area contributed by atoms with Crippen LogP contribution in [0.25, 0.3) is 5.57 Å². The summed E-state index contributed by atoms with van der Waals surface area (Å²) in [6.07, 6.45) is 4.31. The standard InChI is InChI=1S/C29H32Br2N2O3/c1-6-32(7-2)24-16-26-20(14-22(24)30)28(18-12-10-11-13-19(18)29(34)35-5)21-15-23(31)25(17-27(21)36-26)33(8-3)9-4/h10-17,24H,6-9H2,1-5H3. The maximum absolute atomic E-state index is 12.8. The summed E-state index contributed by atoms with van der Waals surface area (Å²) < 4.78 is 13.8. The maximum atomic E-state index is 12.8. The Balaban J connectivity index is 2.02. The molecule has 5 nitrogen and oxygen atoms in total. The fourth-order valence-electron chi connectivity index (χ4n) is 4.96. The van der Waals surface area contributed by atoms with Crippen molar-refractivity contribution in [3.8, 4) is 5.75 Å². The van der Waals surface area contributed by atoms with Crippen molar-refractivity contribution in [3.05, 3.63) is 85.5 Å². The molecule has 0 radical (unpaired) electrons. The fraction of sp³-hybridized carbons (Fsp3) is 0.345. The number of carbonyl (C=O) groups is 1. The van der Waals surface area contributed by atoms with Gasteiger partial charge in [-0.15, -0.1) is 0 Å². The molecule has 190 valence electrons. The minimum atomic E-state index is -0.365. The average Bonchev–Trinajstić information content (AvgIpc) is 2.89. The van der Waals surface area contributed by atoms with Crippen molar-refractivity contribution in [1.82, 2.24) is 4.90 Å². The van der Waals surface area contributed by atoms with E-state index >= 15 is 0 Å². The van der Waals surface area contributed by atoms with Crippen LogP contribution in [-0.2, 0) is 4.74 Å². The predicted octanol–water partition coefficient (Wildman–Crippen LogP) is 7.16.